The number of imidazole rings is 1. The number of allylic oxidation sites excluding steroid dienone is 4. The van der Waals surface area contributed by atoms with Crippen molar-refractivity contribution in [3.8, 4) is 0 Å². The first-order valence-electron chi connectivity index (χ1n) is 34.1. The fourth-order valence-corrected chi connectivity index (χ4v) is 6.33. The molecule has 107 heavy (non-hydrogen) atoms. The summed E-state index contributed by atoms with van der Waals surface area (Å²) >= 11 is 7.94. The van der Waals surface area contributed by atoms with Crippen molar-refractivity contribution < 1.29 is 13.6 Å². The smallest absolute Gasteiger partial charge is 0.133 e. The quantitative estimate of drug-likeness (QED) is 0.139. The first kappa shape index (κ1) is 165. The maximum absolute atomic E-state index is 4.58. The molecular weight excluding hydrogens is 1420 g/mol. The summed E-state index contributed by atoms with van der Waals surface area (Å²) in [6, 6.07) is 5.60. The van der Waals surface area contributed by atoms with E-state index in [-0.39, 0.29) is 81.7 Å². The molecule has 12 rings (SSSR count). The van der Waals surface area contributed by atoms with E-state index in [0.29, 0.717) is 0 Å². The second-order valence-electron chi connectivity index (χ2n) is 14.7. The Hall–Kier alpha value is -6.78. The van der Waals surface area contributed by atoms with Gasteiger partial charge in [-0.05, 0) is 116 Å². The third-order valence-electron chi connectivity index (χ3n) is 7.56. The predicted molar refractivity (Wildman–Crippen MR) is 512 cm³/mol. The van der Waals surface area contributed by atoms with Gasteiger partial charge >= 0.3 is 0 Å². The number of aromatic nitrogens is 10. The van der Waals surface area contributed by atoms with Gasteiger partial charge in [-0.2, -0.15) is 4.37 Å². The van der Waals surface area contributed by atoms with E-state index < -0.39 is 0 Å². The van der Waals surface area contributed by atoms with Gasteiger partial charge in [0.25, 0.3) is 0 Å². The summed E-state index contributed by atoms with van der Waals surface area (Å²) in [6.45, 7) is 69.8. The van der Waals surface area contributed by atoms with E-state index in [1.54, 1.807) is 89.8 Å². The van der Waals surface area contributed by atoms with Gasteiger partial charge in [0.1, 0.15) is 18.3 Å². The Bertz CT molecular complexity index is 2180. The SMILES string of the molecule is C.C.C.C.C.C.C.C.C.C.C.CC.CC.CC.CC.CC.CC.CC.CC.CC.CC.CC.CC.CC1=CCC=N1.CC1=CN=CC1.CC1=NC=CC1.Cc1ccno1.Cc1ccon1.Cc1ccsn1.Cc1cncs1.Cc1cnoc1.Cc1cnsc1.Cc1cscn1.Cc1nccs1.Cn1ccnc1. The predicted octanol–water partition coefficient (Wildman–Crippen LogP) is 34.0. The van der Waals surface area contributed by atoms with Crippen molar-refractivity contribution in [3.63, 3.8) is 0 Å². The van der Waals surface area contributed by atoms with Crippen molar-refractivity contribution in [2.24, 2.45) is 22.0 Å². The highest BCUT2D eigenvalue weighted by atomic mass is 32.1. The zero-order valence-corrected chi connectivity index (χ0v) is 71.2. The van der Waals surface area contributed by atoms with E-state index >= 15 is 0 Å². The molecule has 12 heterocycles. The van der Waals surface area contributed by atoms with Crippen molar-refractivity contribution in [2.75, 3.05) is 0 Å². The van der Waals surface area contributed by atoms with Gasteiger partial charge in [-0.15, -0.1) is 34.0 Å². The Morgan fingerprint density at radius 3 is 1.16 bits per heavy atom. The molecule has 0 amide bonds. The van der Waals surface area contributed by atoms with Gasteiger partial charge in [0.15, 0.2) is 0 Å². The van der Waals surface area contributed by atoms with Gasteiger partial charge < -0.3 is 18.1 Å². The summed E-state index contributed by atoms with van der Waals surface area (Å²) in [5.74, 6) is 0.856. The third kappa shape index (κ3) is 157. The van der Waals surface area contributed by atoms with Crippen LogP contribution in [0.5, 0.6) is 0 Å². The maximum Gasteiger partial charge on any atom is 0.133 e. The van der Waals surface area contributed by atoms with Crippen LogP contribution in [0.2, 0.25) is 0 Å². The monoisotopic (exact) mass is 1610 g/mol. The Balaban J connectivity index is -0.0000000331. The van der Waals surface area contributed by atoms with Crippen LogP contribution in [0, 0.1) is 55.4 Å². The molecule has 0 saturated heterocycles. The summed E-state index contributed by atoms with van der Waals surface area (Å²) in [6.07, 6.45) is 32.2. The summed E-state index contributed by atoms with van der Waals surface area (Å²) in [5, 5.41) is 19.5. The zero-order chi connectivity index (χ0) is 76.9. The van der Waals surface area contributed by atoms with Crippen LogP contribution in [0.25, 0.3) is 0 Å². The number of hydrogen-bond acceptors (Lipinski definition) is 20. The third-order valence-corrected chi connectivity index (χ3v) is 11.0. The van der Waals surface area contributed by atoms with Crippen molar-refractivity contribution in [1.29, 1.82) is 0 Å². The first-order valence-corrected chi connectivity index (χ1v) is 38.5. The van der Waals surface area contributed by atoms with Crippen molar-refractivity contribution in [2.45, 2.75) is 343 Å². The largest absolute Gasteiger partial charge is 0.365 e. The molecule has 0 fully saturated rings. The molecular formula is C86H183N13O3S5. The van der Waals surface area contributed by atoms with Crippen LogP contribution in [0.1, 0.15) is 332 Å². The molecule has 3 aliphatic rings. The minimum Gasteiger partial charge on any atom is -0.365 e. The molecule has 0 radical (unpaired) electrons. The van der Waals surface area contributed by atoms with E-state index in [4.69, 9.17) is 0 Å². The van der Waals surface area contributed by atoms with E-state index in [9.17, 15) is 0 Å². The zero-order valence-electron chi connectivity index (χ0n) is 67.1. The van der Waals surface area contributed by atoms with Crippen LogP contribution < -0.4 is 0 Å². The Morgan fingerprint density at radius 2 is 1.05 bits per heavy atom. The van der Waals surface area contributed by atoms with Crippen LogP contribution >= 0.6 is 57.1 Å². The Morgan fingerprint density at radius 1 is 0.486 bits per heavy atom. The highest BCUT2D eigenvalue weighted by Crippen LogP contribution is 2.03. The number of nitrogens with zero attached hydrogens (tertiary/aromatic N) is 13. The standard InChI is InChI=1S/3C5H7N.C4H6N2.3C4H5NO.5C4H5NS.12C2H6.11CH4/c1-5-2-3-6-4-5;2*1-5-3-2-4-6-5;1-6-3-2-5-4-6;1-4-2-5-6-3-4;1-4-2-3-6-5-4;1-4-2-3-5-6-4;1-4-2-6-3-5-4;1-4-2-5-3-6-4;1-4-2-5-6-3-4;1-4-5-2-3-6-4;1-4-2-3-6-5-4;12*1-2;;;;;;;;;;;/h2*3-4H,2H2,1H3;2,4H,3H2,1H3;2-4H,1H3;8*2-3H,1H3;12*1-2H3;11*1H4. The lowest BCUT2D eigenvalue weighted by atomic mass is 10.3. The number of hydrogen-bond donors (Lipinski definition) is 0. The molecule has 0 unspecified atom stereocenters. The molecule has 3 aliphatic heterocycles. The molecule has 640 valence electrons. The molecule has 0 atom stereocenters. The first-order chi connectivity index (χ1) is 46.7. The topological polar surface area (TPSA) is 197 Å². The summed E-state index contributed by atoms with van der Waals surface area (Å²) in [4.78, 5) is 28.6. The van der Waals surface area contributed by atoms with Gasteiger partial charge in [0, 0.05) is 143 Å². The molecule has 0 aromatic carbocycles. The van der Waals surface area contributed by atoms with E-state index in [1.165, 1.54) is 44.8 Å². The van der Waals surface area contributed by atoms with Gasteiger partial charge in [-0.3, -0.25) is 29.9 Å². The average molecular weight is 1610 g/mol. The highest BCUT2D eigenvalue weighted by Gasteiger charge is 1.89. The van der Waals surface area contributed by atoms with Crippen LogP contribution in [0.3, 0.4) is 0 Å². The van der Waals surface area contributed by atoms with E-state index in [2.05, 4.69) is 91.8 Å². The minimum absolute atomic E-state index is 0. The fourth-order valence-electron chi connectivity index (χ4n) is 3.87. The van der Waals surface area contributed by atoms with Crippen molar-refractivity contribution >= 4 is 75.2 Å². The fraction of sp³-hybridized carbons (Fsp3) is 0.581. The Labute approximate surface area is 690 Å². The van der Waals surface area contributed by atoms with Crippen LogP contribution in [-0.2, 0) is 7.05 Å². The van der Waals surface area contributed by atoms with Crippen LogP contribution in [0.4, 0.5) is 0 Å². The van der Waals surface area contributed by atoms with Crippen molar-refractivity contribution in [1.82, 2.24) is 48.7 Å². The molecule has 0 N–H and O–H groups in total. The lowest BCUT2D eigenvalue weighted by molar-refractivity contribution is 0.397. The normalized spacial score (nSPS) is 8.24. The molecule has 16 nitrogen and oxygen atoms in total. The lowest BCUT2D eigenvalue weighted by Gasteiger charge is -1.76. The van der Waals surface area contributed by atoms with Gasteiger partial charge in [-0.1, -0.05) is 275 Å². The molecule has 9 aromatic heterocycles. The van der Waals surface area contributed by atoms with Gasteiger partial charge in [0.05, 0.1) is 46.1 Å². The van der Waals surface area contributed by atoms with E-state index in [0.717, 1.165) is 58.4 Å². The maximum atomic E-state index is 4.58. The number of thiazole rings is 3. The summed E-state index contributed by atoms with van der Waals surface area (Å²) in [5.41, 5.74) is 12.8. The Kier molecular flexibility index (Phi) is 248. The molecule has 0 bridgehead atoms. The van der Waals surface area contributed by atoms with E-state index in [1.807, 2.05) is 329 Å². The lowest BCUT2D eigenvalue weighted by Crippen LogP contribution is -1.78. The molecule has 0 saturated carbocycles. The molecule has 0 aliphatic carbocycles. The number of aryl methyl sites for hydroxylation is 9. The van der Waals surface area contributed by atoms with Crippen LogP contribution in [0.15, 0.2) is 177 Å². The highest BCUT2D eigenvalue weighted by molar-refractivity contribution is 7.09. The minimum atomic E-state index is 0. The second kappa shape index (κ2) is 161. The molecule has 0 spiro atoms. The van der Waals surface area contributed by atoms with Gasteiger partial charge in [-0.25, -0.2) is 9.36 Å². The molecule has 21 heteroatoms. The van der Waals surface area contributed by atoms with Crippen LogP contribution in [-0.4, -0.2) is 66.9 Å². The molecule has 9 aromatic rings. The number of aliphatic imine (C=N–C) groups is 3. The average Bonchev–Trinajstić information content (AvgIpc) is 4.41. The summed E-state index contributed by atoms with van der Waals surface area (Å²) in [7, 11) is 1.94. The number of rotatable bonds is 0. The summed E-state index contributed by atoms with van der Waals surface area (Å²) < 4.78 is 23.2. The van der Waals surface area contributed by atoms with Gasteiger partial charge in [0.2, 0.25) is 0 Å². The second-order valence-corrected chi connectivity index (χ2v) is 18.9. The van der Waals surface area contributed by atoms with Crippen molar-refractivity contribution in [3.05, 3.63) is 193 Å².